The largest absolute Gasteiger partial charge is 0.381 e. The molecular weight excluding hydrogens is 242 g/mol. The lowest BCUT2D eigenvalue weighted by Gasteiger charge is -2.44. The van der Waals surface area contributed by atoms with Crippen molar-refractivity contribution >= 4 is 5.91 Å². The molecule has 1 atom stereocenters. The number of carbonyl (C=O) groups is 1. The van der Waals surface area contributed by atoms with Crippen LogP contribution in [0.1, 0.15) is 26.2 Å². The van der Waals surface area contributed by atoms with Gasteiger partial charge in [0, 0.05) is 45.4 Å². The molecule has 2 heterocycles. The Hall–Kier alpha value is -0.650. The van der Waals surface area contributed by atoms with Crippen LogP contribution in [-0.2, 0) is 9.53 Å². The number of carbonyl (C=O) groups excluding carboxylic acids is 1. The maximum atomic E-state index is 12.8. The molecule has 2 fully saturated rings. The summed E-state index contributed by atoms with van der Waals surface area (Å²) in [5.41, 5.74) is 5.56. The predicted octanol–water partition coefficient (Wildman–Crippen LogP) is 0.295. The summed E-state index contributed by atoms with van der Waals surface area (Å²) >= 11 is 0. The topological polar surface area (TPSA) is 58.8 Å². The number of piperazine rings is 1. The number of hydrogen-bond donors (Lipinski definition) is 1. The highest BCUT2D eigenvalue weighted by molar-refractivity contribution is 5.83. The Bertz CT molecular complexity index is 316. The lowest BCUT2D eigenvalue weighted by Crippen LogP contribution is -2.58. The molecule has 0 aromatic rings. The van der Waals surface area contributed by atoms with Crippen molar-refractivity contribution in [2.75, 3.05) is 46.4 Å². The van der Waals surface area contributed by atoms with Crippen LogP contribution in [0.4, 0.5) is 0 Å². The average molecular weight is 269 g/mol. The number of amides is 1. The van der Waals surface area contributed by atoms with E-state index in [0.717, 1.165) is 38.9 Å². The molecule has 0 radical (unpaired) electrons. The van der Waals surface area contributed by atoms with Crippen LogP contribution in [0.25, 0.3) is 0 Å². The number of nitrogens with two attached hydrogens (primary N) is 1. The van der Waals surface area contributed by atoms with Crippen LogP contribution in [0.15, 0.2) is 0 Å². The zero-order valence-electron chi connectivity index (χ0n) is 12.2. The second kappa shape index (κ2) is 6.20. The molecule has 2 N–H and O–H groups in total. The summed E-state index contributed by atoms with van der Waals surface area (Å²) in [6.45, 7) is 6.58. The van der Waals surface area contributed by atoms with Crippen LogP contribution in [-0.4, -0.2) is 68.2 Å². The van der Waals surface area contributed by atoms with Crippen LogP contribution in [0, 0.1) is 5.41 Å². The average Bonchev–Trinajstić information content (AvgIpc) is 2.47. The molecule has 110 valence electrons. The molecule has 0 spiro atoms. The van der Waals surface area contributed by atoms with Crippen LogP contribution in [0.3, 0.4) is 0 Å². The van der Waals surface area contributed by atoms with Crippen molar-refractivity contribution < 1.29 is 9.53 Å². The van der Waals surface area contributed by atoms with Gasteiger partial charge in [0.05, 0.1) is 5.41 Å². The fraction of sp³-hybridized carbons (Fsp3) is 0.929. The van der Waals surface area contributed by atoms with Gasteiger partial charge in [-0.15, -0.1) is 0 Å². The maximum Gasteiger partial charge on any atom is 0.230 e. The van der Waals surface area contributed by atoms with E-state index < -0.39 is 0 Å². The van der Waals surface area contributed by atoms with Crippen LogP contribution in [0.2, 0.25) is 0 Å². The molecular formula is C14H27N3O2. The number of likely N-dealkylation sites (N-methyl/N-ethyl adjacent to an activating group) is 1. The summed E-state index contributed by atoms with van der Waals surface area (Å²) in [4.78, 5) is 17.2. The van der Waals surface area contributed by atoms with Gasteiger partial charge in [-0.05, 0) is 26.3 Å². The van der Waals surface area contributed by atoms with Gasteiger partial charge in [-0.3, -0.25) is 9.69 Å². The van der Waals surface area contributed by atoms with E-state index in [1.807, 2.05) is 4.90 Å². The van der Waals surface area contributed by atoms with Gasteiger partial charge < -0.3 is 15.4 Å². The van der Waals surface area contributed by atoms with E-state index in [1.54, 1.807) is 0 Å². The van der Waals surface area contributed by atoms with Crippen molar-refractivity contribution in [2.24, 2.45) is 11.1 Å². The smallest absolute Gasteiger partial charge is 0.230 e. The van der Waals surface area contributed by atoms with Crippen molar-refractivity contribution in [3.8, 4) is 0 Å². The Kier molecular flexibility index (Phi) is 4.81. The van der Waals surface area contributed by atoms with E-state index in [-0.39, 0.29) is 11.3 Å². The van der Waals surface area contributed by atoms with Crippen LogP contribution < -0.4 is 5.73 Å². The summed E-state index contributed by atoms with van der Waals surface area (Å²) in [6, 6.07) is 0.479. The zero-order chi connectivity index (χ0) is 13.9. The highest BCUT2D eigenvalue weighted by Gasteiger charge is 2.42. The highest BCUT2D eigenvalue weighted by atomic mass is 16.5. The molecule has 1 unspecified atom stereocenters. The van der Waals surface area contributed by atoms with Crippen LogP contribution >= 0.6 is 0 Å². The molecule has 2 aliphatic rings. The summed E-state index contributed by atoms with van der Waals surface area (Å²) in [5.74, 6) is 0.254. The molecule has 5 nitrogen and oxygen atoms in total. The van der Waals surface area contributed by atoms with Crippen molar-refractivity contribution in [1.29, 1.82) is 0 Å². The quantitative estimate of drug-likeness (QED) is 0.800. The minimum atomic E-state index is -0.369. The molecule has 2 saturated heterocycles. The van der Waals surface area contributed by atoms with Crippen molar-refractivity contribution in [3.05, 3.63) is 0 Å². The fourth-order valence-corrected chi connectivity index (χ4v) is 3.17. The molecule has 0 bridgehead atoms. The molecule has 0 aromatic carbocycles. The molecule has 2 rings (SSSR count). The monoisotopic (exact) mass is 269 g/mol. The molecule has 0 aromatic heterocycles. The second-order valence-electron chi connectivity index (χ2n) is 5.89. The van der Waals surface area contributed by atoms with E-state index in [4.69, 9.17) is 10.5 Å². The Morgan fingerprint density at radius 3 is 2.63 bits per heavy atom. The number of rotatable bonds is 3. The van der Waals surface area contributed by atoms with Gasteiger partial charge in [0.1, 0.15) is 0 Å². The van der Waals surface area contributed by atoms with Crippen molar-refractivity contribution in [2.45, 2.75) is 32.2 Å². The van der Waals surface area contributed by atoms with E-state index >= 15 is 0 Å². The summed E-state index contributed by atoms with van der Waals surface area (Å²) in [7, 11) is 2.14. The molecule has 5 heteroatoms. The highest BCUT2D eigenvalue weighted by Crippen LogP contribution is 2.32. The maximum absolute atomic E-state index is 12.8. The van der Waals surface area contributed by atoms with Gasteiger partial charge in [-0.25, -0.2) is 0 Å². The van der Waals surface area contributed by atoms with Gasteiger partial charge in [0.2, 0.25) is 5.91 Å². The third-order valence-electron chi connectivity index (χ3n) is 4.83. The number of ether oxygens (including phenoxy) is 1. The Balaban J connectivity index is 2.05. The first-order valence-electron chi connectivity index (χ1n) is 7.40. The molecule has 19 heavy (non-hydrogen) atoms. The SMILES string of the molecule is CCC1CN(C(=O)C2(CN)CCOCC2)CCN1C. The minimum Gasteiger partial charge on any atom is -0.381 e. The van der Waals surface area contributed by atoms with E-state index in [2.05, 4.69) is 18.9 Å². The molecule has 0 aliphatic carbocycles. The Morgan fingerprint density at radius 1 is 1.37 bits per heavy atom. The third-order valence-corrected chi connectivity index (χ3v) is 4.83. The molecule has 0 saturated carbocycles. The Morgan fingerprint density at radius 2 is 2.05 bits per heavy atom. The summed E-state index contributed by atoms with van der Waals surface area (Å²) in [6.07, 6.45) is 2.62. The Labute approximate surface area is 116 Å². The number of hydrogen-bond acceptors (Lipinski definition) is 4. The number of nitrogens with zero attached hydrogens (tertiary/aromatic N) is 2. The van der Waals surface area contributed by atoms with Crippen LogP contribution in [0.5, 0.6) is 0 Å². The lowest BCUT2D eigenvalue weighted by molar-refractivity contribution is -0.150. The van der Waals surface area contributed by atoms with Crippen molar-refractivity contribution in [1.82, 2.24) is 9.80 Å². The first kappa shape index (κ1) is 14.8. The normalized spacial score (nSPS) is 28.4. The van der Waals surface area contributed by atoms with Gasteiger partial charge >= 0.3 is 0 Å². The van der Waals surface area contributed by atoms with Crippen molar-refractivity contribution in [3.63, 3.8) is 0 Å². The first-order valence-corrected chi connectivity index (χ1v) is 7.40. The van der Waals surface area contributed by atoms with Gasteiger partial charge in [-0.1, -0.05) is 6.92 Å². The van der Waals surface area contributed by atoms with E-state index in [1.165, 1.54) is 0 Å². The third kappa shape index (κ3) is 2.93. The predicted molar refractivity (Wildman–Crippen MR) is 74.8 cm³/mol. The minimum absolute atomic E-state index is 0.254. The van der Waals surface area contributed by atoms with E-state index in [0.29, 0.717) is 25.8 Å². The van der Waals surface area contributed by atoms with Gasteiger partial charge in [0.25, 0.3) is 0 Å². The lowest BCUT2D eigenvalue weighted by atomic mass is 9.78. The standard InChI is InChI=1S/C14H27N3O2/c1-3-12-10-17(7-6-16(12)2)13(18)14(11-15)4-8-19-9-5-14/h12H,3-11,15H2,1-2H3. The summed E-state index contributed by atoms with van der Waals surface area (Å²) in [5, 5.41) is 0. The zero-order valence-corrected chi connectivity index (χ0v) is 12.2. The van der Waals surface area contributed by atoms with Gasteiger partial charge in [0.15, 0.2) is 0 Å². The molecule has 2 aliphatic heterocycles. The van der Waals surface area contributed by atoms with Gasteiger partial charge in [-0.2, -0.15) is 0 Å². The molecule has 1 amide bonds. The second-order valence-corrected chi connectivity index (χ2v) is 5.89. The van der Waals surface area contributed by atoms with E-state index in [9.17, 15) is 4.79 Å². The fourth-order valence-electron chi connectivity index (χ4n) is 3.17. The first-order chi connectivity index (χ1) is 9.13. The summed E-state index contributed by atoms with van der Waals surface area (Å²) < 4.78 is 5.39.